The van der Waals surface area contributed by atoms with Crippen LogP contribution in [0.3, 0.4) is 0 Å². The molecular formula is C20H18O7. The predicted molar refractivity (Wildman–Crippen MR) is 98.1 cm³/mol. The summed E-state index contributed by atoms with van der Waals surface area (Å²) in [6.07, 6.45) is 0. The number of ether oxygens (including phenoxy) is 3. The highest BCUT2D eigenvalue weighted by atomic mass is 16.5. The van der Waals surface area contributed by atoms with E-state index in [0.29, 0.717) is 27.7 Å². The molecule has 0 saturated heterocycles. The van der Waals surface area contributed by atoms with Gasteiger partial charge < -0.3 is 18.6 Å². The summed E-state index contributed by atoms with van der Waals surface area (Å²) >= 11 is 0. The molecule has 0 aliphatic carbocycles. The molecule has 3 rings (SSSR count). The number of carbonyl (C=O) groups is 3. The van der Waals surface area contributed by atoms with E-state index >= 15 is 0 Å². The summed E-state index contributed by atoms with van der Waals surface area (Å²) in [6, 6.07) is 4.79. The van der Waals surface area contributed by atoms with E-state index < -0.39 is 5.97 Å². The number of rotatable bonds is 5. The molecule has 0 aliphatic heterocycles. The Labute approximate surface area is 154 Å². The van der Waals surface area contributed by atoms with Crippen molar-refractivity contribution >= 4 is 39.3 Å². The zero-order valence-electron chi connectivity index (χ0n) is 15.6. The third kappa shape index (κ3) is 2.91. The second kappa shape index (κ2) is 6.75. The maximum atomic E-state index is 12.5. The van der Waals surface area contributed by atoms with Crippen LogP contribution in [-0.4, -0.2) is 31.8 Å². The Hall–Kier alpha value is -3.35. The summed E-state index contributed by atoms with van der Waals surface area (Å²) in [5.41, 5.74) is 0.377. The van der Waals surface area contributed by atoms with Crippen LogP contribution in [0.1, 0.15) is 41.7 Å². The summed E-state index contributed by atoms with van der Waals surface area (Å²) in [5, 5.41) is 1.22. The van der Waals surface area contributed by atoms with Gasteiger partial charge in [-0.15, -0.1) is 0 Å². The fraction of sp³-hybridized carbons (Fsp3) is 0.250. The minimum Gasteiger partial charge on any atom is -0.493 e. The van der Waals surface area contributed by atoms with Gasteiger partial charge in [0.2, 0.25) is 0 Å². The second-order valence-corrected chi connectivity index (χ2v) is 5.99. The van der Waals surface area contributed by atoms with Gasteiger partial charge in [0.25, 0.3) is 0 Å². The van der Waals surface area contributed by atoms with Gasteiger partial charge in [-0.3, -0.25) is 14.4 Å². The van der Waals surface area contributed by atoms with Crippen molar-refractivity contribution in [2.45, 2.75) is 20.8 Å². The summed E-state index contributed by atoms with van der Waals surface area (Å²) in [4.78, 5) is 36.0. The fourth-order valence-corrected chi connectivity index (χ4v) is 3.13. The molecule has 140 valence electrons. The lowest BCUT2D eigenvalue weighted by molar-refractivity contribution is -0.131. The predicted octanol–water partition coefficient (Wildman–Crippen LogP) is 3.93. The van der Waals surface area contributed by atoms with Gasteiger partial charge in [0.05, 0.1) is 25.2 Å². The second-order valence-electron chi connectivity index (χ2n) is 5.99. The van der Waals surface area contributed by atoms with Crippen LogP contribution in [0.25, 0.3) is 21.7 Å². The molecule has 0 N–H and O–H groups in total. The summed E-state index contributed by atoms with van der Waals surface area (Å²) < 4.78 is 21.9. The van der Waals surface area contributed by atoms with Gasteiger partial charge in [0.15, 0.2) is 28.8 Å². The molecule has 0 spiro atoms. The van der Waals surface area contributed by atoms with E-state index in [1.54, 1.807) is 12.1 Å². The average molecular weight is 370 g/mol. The van der Waals surface area contributed by atoms with Crippen LogP contribution >= 0.6 is 0 Å². The third-order valence-electron chi connectivity index (χ3n) is 4.19. The van der Waals surface area contributed by atoms with Crippen molar-refractivity contribution in [1.29, 1.82) is 0 Å². The molecule has 7 nitrogen and oxygen atoms in total. The maximum absolute atomic E-state index is 12.5. The van der Waals surface area contributed by atoms with Gasteiger partial charge in [0, 0.05) is 24.6 Å². The molecule has 0 saturated carbocycles. The molecule has 2 aromatic carbocycles. The third-order valence-corrected chi connectivity index (χ3v) is 4.19. The molecule has 27 heavy (non-hydrogen) atoms. The number of Topliss-reactive ketones (excluding diaryl/α,β-unsaturated/α-hetero) is 2. The number of hydrogen-bond donors (Lipinski definition) is 0. The molecule has 3 aromatic rings. The van der Waals surface area contributed by atoms with Gasteiger partial charge in [-0.1, -0.05) is 0 Å². The van der Waals surface area contributed by atoms with E-state index in [0.717, 1.165) is 0 Å². The minimum absolute atomic E-state index is 0.0575. The van der Waals surface area contributed by atoms with Crippen molar-refractivity contribution in [3.05, 3.63) is 29.5 Å². The van der Waals surface area contributed by atoms with Crippen LogP contribution in [0, 0.1) is 0 Å². The van der Waals surface area contributed by atoms with E-state index in [-0.39, 0.29) is 34.2 Å². The number of fused-ring (bicyclic) bond motifs is 2. The van der Waals surface area contributed by atoms with E-state index in [1.807, 2.05) is 0 Å². The number of hydrogen-bond acceptors (Lipinski definition) is 7. The van der Waals surface area contributed by atoms with Crippen LogP contribution in [-0.2, 0) is 4.79 Å². The number of esters is 1. The number of furan rings is 1. The Morgan fingerprint density at radius 3 is 2.11 bits per heavy atom. The lowest BCUT2D eigenvalue weighted by atomic mass is 9.96. The Bertz CT molecular complexity index is 1100. The standard InChI is InChI=1S/C20H18O7/c1-9(21)15-8-13-18(26-11(3)23)12-6-7-14(24-4)20(25-5)17(12)16(10(2)22)19(13)27-15/h6-8H,1-5H3. The highest BCUT2D eigenvalue weighted by molar-refractivity contribution is 6.22. The summed E-state index contributed by atoms with van der Waals surface area (Å²) in [7, 11) is 2.92. The molecule has 0 unspecified atom stereocenters. The number of methoxy groups -OCH3 is 2. The summed E-state index contributed by atoms with van der Waals surface area (Å²) in [5.74, 6) is -0.209. The van der Waals surface area contributed by atoms with E-state index in [4.69, 9.17) is 18.6 Å². The molecule has 0 atom stereocenters. The van der Waals surface area contributed by atoms with Crippen molar-refractivity contribution in [2.75, 3.05) is 14.2 Å². The Morgan fingerprint density at radius 2 is 1.59 bits per heavy atom. The van der Waals surface area contributed by atoms with E-state index in [9.17, 15) is 14.4 Å². The molecule has 0 bridgehead atoms. The lowest BCUT2D eigenvalue weighted by Crippen LogP contribution is -2.05. The molecule has 1 aromatic heterocycles. The van der Waals surface area contributed by atoms with Crippen LogP contribution in [0.5, 0.6) is 17.2 Å². The van der Waals surface area contributed by atoms with Gasteiger partial charge in [-0.05, 0) is 25.1 Å². The highest BCUT2D eigenvalue weighted by Gasteiger charge is 2.27. The SMILES string of the molecule is COc1ccc2c(OC(C)=O)c3cc(C(C)=O)oc3c(C(C)=O)c2c1OC. The largest absolute Gasteiger partial charge is 0.493 e. The quantitative estimate of drug-likeness (QED) is 0.382. The first kappa shape index (κ1) is 18.4. The van der Waals surface area contributed by atoms with Gasteiger partial charge >= 0.3 is 5.97 Å². The Kier molecular flexibility index (Phi) is 4.61. The fourth-order valence-electron chi connectivity index (χ4n) is 3.13. The van der Waals surface area contributed by atoms with Crippen LogP contribution in [0.15, 0.2) is 22.6 Å². The molecule has 1 heterocycles. The van der Waals surface area contributed by atoms with Gasteiger partial charge in [0.1, 0.15) is 11.3 Å². The number of ketones is 2. The van der Waals surface area contributed by atoms with E-state index in [2.05, 4.69) is 0 Å². The Balaban J connectivity index is 2.64. The molecule has 0 amide bonds. The molecule has 0 radical (unpaired) electrons. The number of carbonyl (C=O) groups excluding carboxylic acids is 3. The van der Waals surface area contributed by atoms with Crippen LogP contribution < -0.4 is 14.2 Å². The number of benzene rings is 2. The zero-order valence-corrected chi connectivity index (χ0v) is 15.6. The van der Waals surface area contributed by atoms with Crippen LogP contribution in [0.4, 0.5) is 0 Å². The zero-order chi connectivity index (χ0) is 19.9. The van der Waals surface area contributed by atoms with Gasteiger partial charge in [-0.25, -0.2) is 0 Å². The molecule has 0 aliphatic rings. The highest BCUT2D eigenvalue weighted by Crippen LogP contribution is 2.47. The van der Waals surface area contributed by atoms with Gasteiger partial charge in [-0.2, -0.15) is 0 Å². The minimum atomic E-state index is -0.548. The molecular weight excluding hydrogens is 352 g/mol. The van der Waals surface area contributed by atoms with Crippen LogP contribution in [0.2, 0.25) is 0 Å². The van der Waals surface area contributed by atoms with Crippen molar-refractivity contribution in [1.82, 2.24) is 0 Å². The first-order valence-corrected chi connectivity index (χ1v) is 8.14. The maximum Gasteiger partial charge on any atom is 0.308 e. The van der Waals surface area contributed by atoms with Crippen molar-refractivity contribution in [2.24, 2.45) is 0 Å². The van der Waals surface area contributed by atoms with Crippen molar-refractivity contribution in [3.8, 4) is 17.2 Å². The monoisotopic (exact) mass is 370 g/mol. The normalized spacial score (nSPS) is 10.9. The first-order chi connectivity index (χ1) is 12.8. The first-order valence-electron chi connectivity index (χ1n) is 8.14. The average Bonchev–Trinajstić information content (AvgIpc) is 3.04. The van der Waals surface area contributed by atoms with Crippen molar-refractivity contribution in [3.63, 3.8) is 0 Å². The smallest absolute Gasteiger partial charge is 0.308 e. The Morgan fingerprint density at radius 1 is 0.889 bits per heavy atom. The van der Waals surface area contributed by atoms with Crippen molar-refractivity contribution < 1.29 is 33.0 Å². The lowest BCUT2D eigenvalue weighted by Gasteiger charge is -2.16. The molecule has 0 fully saturated rings. The topological polar surface area (TPSA) is 92.0 Å². The molecule has 7 heteroatoms. The summed E-state index contributed by atoms with van der Waals surface area (Å²) in [6.45, 7) is 4.00. The van der Waals surface area contributed by atoms with E-state index in [1.165, 1.54) is 41.1 Å².